The number of rotatable bonds is 34. The Kier molecular flexibility index (Phi) is 31.3. The molecule has 2 heterocycles. The van der Waals surface area contributed by atoms with Gasteiger partial charge in [-0.1, -0.05) is 70.1 Å². The molecule has 3 aliphatic rings. The van der Waals surface area contributed by atoms with Crippen LogP contribution in [0.2, 0.25) is 0 Å². The molecule has 0 aromatic heterocycles. The average Bonchev–Trinajstić information content (AvgIpc) is 3.99. The number of Topliss-reactive ketones (excluding diaryl/α,β-unsaturated/α-hetero) is 4. The Hall–Kier alpha value is -1.73. The summed E-state index contributed by atoms with van der Waals surface area (Å²) in [5.74, 6) is 1.38. The van der Waals surface area contributed by atoms with Crippen LogP contribution < -0.4 is 5.32 Å². The van der Waals surface area contributed by atoms with Crippen LogP contribution in [0.1, 0.15) is 167 Å². The number of likely N-dealkylation sites (tertiary alicyclic amines) is 2. The van der Waals surface area contributed by atoms with Crippen LogP contribution in [0.25, 0.3) is 0 Å². The van der Waals surface area contributed by atoms with Crippen LogP contribution in [0.15, 0.2) is 0 Å². The Labute approximate surface area is 435 Å². The molecule has 412 valence electrons. The van der Waals surface area contributed by atoms with Gasteiger partial charge in [0.15, 0.2) is 0 Å². The van der Waals surface area contributed by atoms with Gasteiger partial charge in [-0.3, -0.25) is 37.8 Å². The summed E-state index contributed by atoms with van der Waals surface area (Å²) in [6, 6.07) is 0.0851. The van der Waals surface area contributed by atoms with Crippen LogP contribution in [-0.4, -0.2) is 149 Å². The van der Waals surface area contributed by atoms with Crippen molar-refractivity contribution in [3.8, 4) is 0 Å². The topological polar surface area (TPSA) is 204 Å². The molecule has 19 heteroatoms. The fraction of sp³-hybridized carbons (Fsp3) is 0.885. The third-order valence-corrected chi connectivity index (χ3v) is 16.3. The number of hydrogen-bond donors (Lipinski definition) is 2. The summed E-state index contributed by atoms with van der Waals surface area (Å²) in [4.78, 5) is 88.9. The molecule has 0 bridgehead atoms. The fourth-order valence-electron chi connectivity index (χ4n) is 8.91. The lowest BCUT2D eigenvalue weighted by Crippen LogP contribution is -2.40. The Morgan fingerprint density at radius 2 is 1.23 bits per heavy atom. The molecule has 2 N–H and O–H groups in total. The maximum absolute atomic E-state index is 13.2. The minimum Gasteiger partial charge on any atom is -0.377 e. The summed E-state index contributed by atoms with van der Waals surface area (Å²) in [6.45, 7) is 27.6. The monoisotopic (exact) mass is 1060 g/mol. The van der Waals surface area contributed by atoms with Crippen LogP contribution in [0.4, 0.5) is 0 Å². The minimum absolute atomic E-state index is 0.00128. The van der Waals surface area contributed by atoms with Crippen molar-refractivity contribution in [3.63, 3.8) is 0 Å². The molecule has 16 nitrogen and oxygen atoms in total. The van der Waals surface area contributed by atoms with Crippen LogP contribution in [0.3, 0.4) is 0 Å². The number of nitrogens with zero attached hydrogens (tertiary/aromatic N) is 2. The first-order valence-corrected chi connectivity index (χ1v) is 30.5. The Bertz CT molecular complexity index is 1680. The zero-order chi connectivity index (χ0) is 53.4. The highest BCUT2D eigenvalue weighted by Crippen LogP contribution is 2.49. The normalized spacial score (nSPS) is 23.4. The van der Waals surface area contributed by atoms with Crippen LogP contribution in [-0.2, 0) is 56.6 Å². The summed E-state index contributed by atoms with van der Waals surface area (Å²) in [6.07, 6.45) is 5.18. The van der Waals surface area contributed by atoms with Crippen molar-refractivity contribution in [1.29, 1.82) is 0 Å². The molecule has 0 aromatic carbocycles. The van der Waals surface area contributed by atoms with Gasteiger partial charge in [-0.05, 0) is 98.4 Å². The van der Waals surface area contributed by atoms with Crippen LogP contribution in [0, 0.1) is 29.6 Å². The summed E-state index contributed by atoms with van der Waals surface area (Å²) in [7, 11) is -1.17. The second-order valence-electron chi connectivity index (χ2n) is 21.5. The number of amides is 2. The van der Waals surface area contributed by atoms with Gasteiger partial charge in [-0.15, -0.1) is 0 Å². The Balaban J connectivity index is 0.000000653. The van der Waals surface area contributed by atoms with E-state index in [0.29, 0.717) is 70.7 Å². The lowest BCUT2D eigenvalue weighted by atomic mass is 9.89. The maximum Gasteiger partial charge on any atom is 0.472 e. The van der Waals surface area contributed by atoms with E-state index >= 15 is 0 Å². The van der Waals surface area contributed by atoms with Crippen molar-refractivity contribution in [2.45, 2.75) is 216 Å². The second kappa shape index (κ2) is 34.0. The van der Waals surface area contributed by atoms with Crippen molar-refractivity contribution >= 4 is 64.4 Å². The number of ether oxygens (including phenoxy) is 3. The molecule has 2 aliphatic heterocycles. The number of carbonyl (C=O) groups is 6. The highest BCUT2D eigenvalue weighted by Gasteiger charge is 2.42. The fourth-order valence-corrected chi connectivity index (χ4v) is 12.0. The molecule has 8 atom stereocenters. The number of hydrogen-bond acceptors (Lipinski definition) is 15. The first kappa shape index (κ1) is 65.4. The molecule has 0 radical (unpaired) electrons. The van der Waals surface area contributed by atoms with E-state index in [4.69, 9.17) is 23.3 Å². The number of phosphoric acid groups is 1. The number of phosphoric ester groups is 1. The first-order chi connectivity index (χ1) is 33.3. The van der Waals surface area contributed by atoms with Gasteiger partial charge in [-0.2, -0.15) is 0 Å². The molecule has 0 spiro atoms. The van der Waals surface area contributed by atoms with Gasteiger partial charge in [0, 0.05) is 80.5 Å². The summed E-state index contributed by atoms with van der Waals surface area (Å²) in [5.41, 5.74) is 0. The third-order valence-electron chi connectivity index (χ3n) is 12.8. The Morgan fingerprint density at radius 3 is 1.80 bits per heavy atom. The molecular formula is C52H94N3O13PS2. The molecule has 1 aliphatic carbocycles. The zero-order valence-corrected chi connectivity index (χ0v) is 48.2. The standard InChI is InChI=1S/C35H63N2O9PS2.C17H31NO4/c1-24(2)33(39)14-17-49-48-16-9-11-35(41)37-21-31(20-29(37)23-44-26(5)6)46-47(42,43)45-22-28-18-27(7)19-32(28)34(40)13-12-30(38)10-8-15-36-25(3)4;1-11(2)16(19)8-17(20)18-9-15(22-13(5)6)7-14(18)10-21-12(3)4/h24-29,31-32,36H,8-23H2,1-7H3,(H,42,43);11-15H,7-10H2,1-6H3/t27-,28+,29+,31-,32?;14-,15+/m10/s1. The quantitative estimate of drug-likeness (QED) is 0.0267. The largest absolute Gasteiger partial charge is 0.472 e. The predicted octanol–water partition coefficient (Wildman–Crippen LogP) is 9.07. The minimum atomic E-state index is -4.48. The van der Waals surface area contributed by atoms with Crippen molar-refractivity contribution in [2.75, 3.05) is 51.0 Å². The van der Waals surface area contributed by atoms with Crippen LogP contribution >= 0.6 is 29.4 Å². The molecule has 3 rings (SSSR count). The van der Waals surface area contributed by atoms with Gasteiger partial charge in [0.1, 0.15) is 23.1 Å². The van der Waals surface area contributed by atoms with Crippen molar-refractivity contribution in [3.05, 3.63) is 0 Å². The molecule has 2 unspecified atom stereocenters. The van der Waals surface area contributed by atoms with E-state index in [9.17, 15) is 38.2 Å². The highest BCUT2D eigenvalue weighted by atomic mass is 33.1. The molecule has 0 aromatic rings. The molecule has 71 heavy (non-hydrogen) atoms. The van der Waals surface area contributed by atoms with Gasteiger partial charge < -0.3 is 34.2 Å². The smallest absolute Gasteiger partial charge is 0.377 e. The summed E-state index contributed by atoms with van der Waals surface area (Å²) >= 11 is 0. The van der Waals surface area contributed by atoms with Gasteiger partial charge in [0.05, 0.1) is 68.8 Å². The van der Waals surface area contributed by atoms with E-state index in [1.165, 1.54) is 0 Å². The summed E-state index contributed by atoms with van der Waals surface area (Å²) < 4.78 is 41.5. The SMILES string of the molecule is CC(C)NCCCC(=O)CCC(=O)C1C[C@H](C)C[C@H]1COP(=O)(O)O[C@@H]1C[C@@H](COC(C)C)N(C(=O)CCCSSCCC(=O)C(C)C)C1.CC(C)OC[C@@H]1C[C@@H](OC(C)C)CN1C(=O)CC(=O)C(C)C. The van der Waals surface area contributed by atoms with E-state index in [0.717, 1.165) is 30.9 Å². The van der Waals surface area contributed by atoms with Crippen molar-refractivity contribution in [2.24, 2.45) is 29.6 Å². The number of ketones is 4. The first-order valence-electron chi connectivity index (χ1n) is 26.5. The van der Waals surface area contributed by atoms with Crippen LogP contribution in [0.5, 0.6) is 0 Å². The second-order valence-corrected chi connectivity index (χ2v) is 25.6. The number of nitrogens with one attached hydrogen (secondary N) is 1. The number of carbonyl (C=O) groups excluding carboxylic acids is 6. The Morgan fingerprint density at radius 1 is 0.648 bits per heavy atom. The average molecular weight is 1060 g/mol. The molecule has 1 saturated carbocycles. The van der Waals surface area contributed by atoms with Crippen molar-refractivity contribution < 1.29 is 61.5 Å². The molecule has 2 amide bonds. The van der Waals surface area contributed by atoms with E-state index in [1.54, 1.807) is 31.4 Å². The maximum atomic E-state index is 13.2. The third kappa shape index (κ3) is 27.1. The molecule has 3 fully saturated rings. The predicted molar refractivity (Wildman–Crippen MR) is 283 cm³/mol. The van der Waals surface area contributed by atoms with E-state index in [-0.39, 0.29) is 133 Å². The van der Waals surface area contributed by atoms with Gasteiger partial charge >= 0.3 is 7.82 Å². The van der Waals surface area contributed by atoms with E-state index in [1.807, 2.05) is 69.2 Å². The highest BCUT2D eigenvalue weighted by molar-refractivity contribution is 8.76. The van der Waals surface area contributed by atoms with Gasteiger partial charge in [0.25, 0.3) is 0 Å². The lowest BCUT2D eigenvalue weighted by molar-refractivity contribution is -0.138. The van der Waals surface area contributed by atoms with Gasteiger partial charge in [-0.25, -0.2) is 4.57 Å². The molecule has 2 saturated heterocycles. The van der Waals surface area contributed by atoms with E-state index < -0.39 is 13.9 Å². The lowest BCUT2D eigenvalue weighted by Gasteiger charge is -2.25. The zero-order valence-electron chi connectivity index (χ0n) is 45.7. The van der Waals surface area contributed by atoms with E-state index in [2.05, 4.69) is 26.1 Å². The van der Waals surface area contributed by atoms with Gasteiger partial charge in [0.2, 0.25) is 11.8 Å². The van der Waals surface area contributed by atoms with Crippen molar-refractivity contribution in [1.82, 2.24) is 15.1 Å². The summed E-state index contributed by atoms with van der Waals surface area (Å²) in [5, 5.41) is 3.29. The molecular weight excluding hydrogens is 970 g/mol.